The van der Waals surface area contributed by atoms with Gasteiger partial charge in [0, 0.05) is 13.1 Å². The maximum atomic E-state index is 13.3. The van der Waals surface area contributed by atoms with E-state index in [1.165, 1.54) is 0 Å². The summed E-state index contributed by atoms with van der Waals surface area (Å²) in [5.74, 6) is -4.58. The molecule has 0 radical (unpaired) electrons. The van der Waals surface area contributed by atoms with Gasteiger partial charge in [-0.3, -0.25) is 19.4 Å². The molecule has 2 rings (SSSR count). The zero-order valence-electron chi connectivity index (χ0n) is 17.3. The van der Waals surface area contributed by atoms with Crippen LogP contribution in [0.5, 0.6) is 0 Å². The van der Waals surface area contributed by atoms with Crippen molar-refractivity contribution in [3.8, 4) is 0 Å². The number of amides is 1. The van der Waals surface area contributed by atoms with Crippen LogP contribution >= 0.6 is 11.6 Å². The van der Waals surface area contributed by atoms with Gasteiger partial charge in [0.05, 0.1) is 21.7 Å². The van der Waals surface area contributed by atoms with Crippen LogP contribution in [0.4, 0.5) is 26.3 Å². The molecule has 0 aliphatic heterocycles. The molecular weight excluding hydrogens is 498 g/mol. The van der Waals surface area contributed by atoms with E-state index in [0.717, 1.165) is 32.0 Å². The van der Waals surface area contributed by atoms with Gasteiger partial charge in [0.1, 0.15) is 12.1 Å². The second-order valence-corrected chi connectivity index (χ2v) is 7.41. The summed E-state index contributed by atoms with van der Waals surface area (Å²) in [5, 5.41) is 10.0. The largest absolute Gasteiger partial charge is 0.481 e. The number of alkyl halides is 6. The van der Waals surface area contributed by atoms with Crippen molar-refractivity contribution in [1.82, 2.24) is 10.3 Å². The zero-order chi connectivity index (χ0) is 26.1. The number of nitrogens with one attached hydrogen (secondary N) is 1. The lowest BCUT2D eigenvalue weighted by Crippen LogP contribution is -2.48. The smallest absolute Gasteiger partial charge is 0.418 e. The fraction of sp³-hybridized carbons (Fsp3) is 0.300. The third-order valence-electron chi connectivity index (χ3n) is 4.46. The van der Waals surface area contributed by atoms with Gasteiger partial charge in [-0.15, -0.1) is 0 Å². The van der Waals surface area contributed by atoms with Crippen LogP contribution in [0.3, 0.4) is 0 Å². The molecule has 0 bridgehead atoms. The van der Waals surface area contributed by atoms with Gasteiger partial charge in [0.25, 0.3) is 5.91 Å². The molecule has 0 saturated carbocycles. The number of carboxylic acid groups (broad SMARTS) is 1. The molecule has 1 aromatic carbocycles. The van der Waals surface area contributed by atoms with Crippen LogP contribution in [0.25, 0.3) is 0 Å². The van der Waals surface area contributed by atoms with E-state index in [0.29, 0.717) is 12.3 Å². The Morgan fingerprint density at radius 3 is 2.15 bits per heavy atom. The number of aliphatic carboxylic acids is 1. The maximum Gasteiger partial charge on any atom is 0.418 e. The zero-order valence-corrected chi connectivity index (χ0v) is 18.0. The first-order chi connectivity index (χ1) is 15.5. The summed E-state index contributed by atoms with van der Waals surface area (Å²) in [6.07, 6.45) is -10.7. The molecule has 0 saturated heterocycles. The van der Waals surface area contributed by atoms with Gasteiger partial charge >= 0.3 is 24.3 Å². The van der Waals surface area contributed by atoms with Gasteiger partial charge in [0.2, 0.25) is 5.72 Å². The quantitative estimate of drug-likeness (QED) is 0.251. The fourth-order valence-electron chi connectivity index (χ4n) is 2.93. The molecule has 34 heavy (non-hydrogen) atoms. The number of nitrogens with zero attached hydrogens (tertiary/aromatic N) is 1. The maximum absolute atomic E-state index is 13.3. The fourth-order valence-corrected chi connectivity index (χ4v) is 3.26. The average molecular weight is 513 g/mol. The number of hydrogen-bond donors (Lipinski definition) is 2. The average Bonchev–Trinajstić information content (AvgIpc) is 2.67. The Morgan fingerprint density at radius 2 is 1.62 bits per heavy atom. The Morgan fingerprint density at radius 1 is 1.06 bits per heavy atom. The topological polar surface area (TPSA) is 106 Å². The van der Waals surface area contributed by atoms with E-state index in [4.69, 9.17) is 21.4 Å². The molecule has 2 aromatic rings. The number of esters is 1. The normalized spacial score (nSPS) is 13.7. The molecule has 1 aromatic heterocycles. The number of pyridine rings is 1. The van der Waals surface area contributed by atoms with Gasteiger partial charge < -0.3 is 15.2 Å². The third-order valence-corrected chi connectivity index (χ3v) is 4.93. The standard InChI is InChI=1S/C20H15ClF6N2O5/c1-9-12(20(25,26)27)8-28-16(15(9)21)18(2,34-14(32)7-13(30)31)29-17(33)10-5-3-4-6-11(10)19(22,23)24/h3-6,8H,7H2,1-2H3,(H,29,33)(H,30,31). The molecule has 0 aliphatic rings. The monoisotopic (exact) mass is 512 g/mol. The minimum absolute atomic E-state index is 0.329. The summed E-state index contributed by atoms with van der Waals surface area (Å²) in [4.78, 5) is 39.1. The predicted molar refractivity (Wildman–Crippen MR) is 104 cm³/mol. The second kappa shape index (κ2) is 9.49. The van der Waals surface area contributed by atoms with E-state index in [1.54, 1.807) is 0 Å². The molecule has 2 N–H and O–H groups in total. The Kier molecular flexibility index (Phi) is 7.51. The van der Waals surface area contributed by atoms with Crippen LogP contribution in [0, 0.1) is 6.92 Å². The molecule has 0 fully saturated rings. The van der Waals surface area contributed by atoms with Crippen molar-refractivity contribution >= 4 is 29.4 Å². The summed E-state index contributed by atoms with van der Waals surface area (Å²) < 4.78 is 84.4. The van der Waals surface area contributed by atoms with Crippen molar-refractivity contribution < 1.29 is 50.6 Å². The van der Waals surface area contributed by atoms with Crippen molar-refractivity contribution in [2.75, 3.05) is 0 Å². The molecule has 1 heterocycles. The van der Waals surface area contributed by atoms with Crippen LogP contribution in [0.2, 0.25) is 5.02 Å². The summed E-state index contributed by atoms with van der Waals surface area (Å²) >= 11 is 6.01. The van der Waals surface area contributed by atoms with E-state index in [9.17, 15) is 40.7 Å². The first-order valence-corrected chi connectivity index (χ1v) is 9.50. The van der Waals surface area contributed by atoms with Crippen molar-refractivity contribution in [2.45, 2.75) is 38.3 Å². The summed E-state index contributed by atoms with van der Waals surface area (Å²) in [7, 11) is 0. The Hall–Kier alpha value is -3.35. The number of ether oxygens (including phenoxy) is 1. The summed E-state index contributed by atoms with van der Waals surface area (Å²) in [5.41, 5.74) is -7.31. The first-order valence-electron chi connectivity index (χ1n) is 9.12. The van der Waals surface area contributed by atoms with Crippen molar-refractivity contribution in [2.24, 2.45) is 0 Å². The van der Waals surface area contributed by atoms with Gasteiger partial charge in [-0.05, 0) is 24.6 Å². The van der Waals surface area contributed by atoms with E-state index >= 15 is 0 Å². The van der Waals surface area contributed by atoms with Gasteiger partial charge in [-0.2, -0.15) is 26.3 Å². The number of rotatable bonds is 6. The highest BCUT2D eigenvalue weighted by Gasteiger charge is 2.42. The van der Waals surface area contributed by atoms with E-state index in [1.807, 2.05) is 5.32 Å². The number of benzene rings is 1. The minimum atomic E-state index is -4.95. The van der Waals surface area contributed by atoms with E-state index < -0.39 is 75.3 Å². The molecule has 7 nitrogen and oxygen atoms in total. The molecule has 1 atom stereocenters. The SMILES string of the molecule is Cc1c(C(F)(F)F)cnc(C(C)(NC(=O)c2ccccc2C(F)(F)F)OC(=O)CC(=O)O)c1Cl. The lowest BCUT2D eigenvalue weighted by molar-refractivity contribution is -0.166. The second-order valence-electron chi connectivity index (χ2n) is 7.03. The Labute approximate surface area is 192 Å². The van der Waals surface area contributed by atoms with Crippen molar-refractivity contribution in [1.29, 1.82) is 0 Å². The number of hydrogen-bond acceptors (Lipinski definition) is 5. The van der Waals surface area contributed by atoms with E-state index in [2.05, 4.69) is 4.98 Å². The molecule has 184 valence electrons. The van der Waals surface area contributed by atoms with Crippen molar-refractivity contribution in [3.63, 3.8) is 0 Å². The number of halogens is 7. The minimum Gasteiger partial charge on any atom is -0.481 e. The summed E-state index contributed by atoms with van der Waals surface area (Å²) in [6, 6.07) is 3.55. The number of carbonyl (C=O) groups excluding carboxylic acids is 2. The molecular formula is C20H15ClF6N2O5. The highest BCUT2D eigenvalue weighted by molar-refractivity contribution is 6.32. The Balaban J connectivity index is 2.62. The lowest BCUT2D eigenvalue weighted by Gasteiger charge is -2.31. The molecule has 0 aliphatic carbocycles. The van der Waals surface area contributed by atoms with Crippen LogP contribution in [-0.4, -0.2) is 27.9 Å². The number of carbonyl (C=O) groups is 3. The van der Waals surface area contributed by atoms with Crippen LogP contribution < -0.4 is 5.32 Å². The van der Waals surface area contributed by atoms with Gasteiger partial charge in [-0.1, -0.05) is 23.7 Å². The number of carboxylic acids is 1. The van der Waals surface area contributed by atoms with Crippen LogP contribution in [0.15, 0.2) is 30.5 Å². The number of aromatic nitrogens is 1. The van der Waals surface area contributed by atoms with E-state index in [-0.39, 0.29) is 0 Å². The van der Waals surface area contributed by atoms with Crippen molar-refractivity contribution in [3.05, 3.63) is 63.4 Å². The third kappa shape index (κ3) is 5.95. The van der Waals surface area contributed by atoms with Crippen LogP contribution in [-0.2, 0) is 32.4 Å². The lowest BCUT2D eigenvalue weighted by atomic mass is 10.0. The molecule has 14 heteroatoms. The molecule has 1 unspecified atom stereocenters. The van der Waals surface area contributed by atoms with Gasteiger partial charge in [-0.25, -0.2) is 0 Å². The van der Waals surface area contributed by atoms with Crippen LogP contribution in [0.1, 0.15) is 46.1 Å². The highest BCUT2D eigenvalue weighted by Crippen LogP contribution is 2.38. The van der Waals surface area contributed by atoms with Gasteiger partial charge in [0.15, 0.2) is 0 Å². The summed E-state index contributed by atoms with van der Waals surface area (Å²) in [6.45, 7) is 1.83. The Bertz CT molecular complexity index is 1140. The molecule has 1 amide bonds. The highest BCUT2D eigenvalue weighted by atomic mass is 35.5. The first kappa shape index (κ1) is 26.9. The predicted octanol–water partition coefficient (Wildman–Crippen LogP) is 4.70. The molecule has 0 spiro atoms.